The molecule has 0 aliphatic rings. The van der Waals surface area contributed by atoms with E-state index in [0.717, 1.165) is 23.2 Å². The summed E-state index contributed by atoms with van der Waals surface area (Å²) >= 11 is 7.65. The lowest BCUT2D eigenvalue weighted by atomic mass is 10.1. The number of hydrogen-bond donors (Lipinski definition) is 2. The number of halogens is 1. The van der Waals surface area contributed by atoms with Crippen LogP contribution in [0.1, 0.15) is 37.4 Å². The lowest BCUT2D eigenvalue weighted by Gasteiger charge is -2.12. The molecule has 1 aromatic heterocycles. The molecule has 2 N–H and O–H groups in total. The van der Waals surface area contributed by atoms with Gasteiger partial charge in [0.25, 0.3) is 11.8 Å². The smallest absolute Gasteiger partial charge is 0.273 e. The molecule has 0 radical (unpaired) electrons. The van der Waals surface area contributed by atoms with E-state index in [1.54, 1.807) is 35.2 Å². The van der Waals surface area contributed by atoms with Crippen LogP contribution in [0.2, 0.25) is 5.02 Å². The average Bonchev–Trinajstić information content (AvgIpc) is 3.39. The third-order valence-electron chi connectivity index (χ3n) is 5.71. The van der Waals surface area contributed by atoms with Crippen LogP contribution in [-0.2, 0) is 12.3 Å². The van der Waals surface area contributed by atoms with Gasteiger partial charge in [0, 0.05) is 22.9 Å². The van der Waals surface area contributed by atoms with Gasteiger partial charge in [0.1, 0.15) is 0 Å². The zero-order valence-electron chi connectivity index (χ0n) is 22.3. The van der Waals surface area contributed by atoms with Crippen LogP contribution in [0.3, 0.4) is 0 Å². The summed E-state index contributed by atoms with van der Waals surface area (Å²) < 4.78 is 1.76. The fourth-order valence-corrected chi connectivity index (χ4v) is 4.69. The van der Waals surface area contributed by atoms with E-state index in [0.29, 0.717) is 33.7 Å². The predicted octanol–water partition coefficient (Wildman–Crippen LogP) is 4.51. The van der Waals surface area contributed by atoms with Crippen LogP contribution in [0.15, 0.2) is 77.0 Å². The van der Waals surface area contributed by atoms with Gasteiger partial charge >= 0.3 is 0 Å². The number of rotatable bonds is 11. The van der Waals surface area contributed by atoms with Gasteiger partial charge in [-0.1, -0.05) is 65.3 Å². The van der Waals surface area contributed by atoms with Crippen molar-refractivity contribution in [3.05, 3.63) is 99.6 Å². The predicted molar refractivity (Wildman–Crippen MR) is 158 cm³/mol. The van der Waals surface area contributed by atoms with Crippen LogP contribution >= 0.6 is 23.4 Å². The number of amides is 2. The molecule has 0 aliphatic heterocycles. The molecule has 10 nitrogen and oxygen atoms in total. The first-order valence-electron chi connectivity index (χ1n) is 12.4. The van der Waals surface area contributed by atoms with E-state index in [1.807, 2.05) is 57.4 Å². The number of nitrogens with one attached hydrogen (secondary N) is 2. The van der Waals surface area contributed by atoms with E-state index in [-0.39, 0.29) is 11.5 Å². The third kappa shape index (κ3) is 8.22. The van der Waals surface area contributed by atoms with E-state index in [1.165, 1.54) is 17.8 Å². The molecule has 0 saturated heterocycles. The molecule has 0 atom stereocenters. The lowest BCUT2D eigenvalue weighted by Crippen LogP contribution is -2.21. The van der Waals surface area contributed by atoms with Crippen molar-refractivity contribution in [3.8, 4) is 0 Å². The number of likely N-dealkylation sites (N-methyl/N-ethyl adjacent to an activating group) is 1. The van der Waals surface area contributed by atoms with Gasteiger partial charge in [-0.05, 0) is 72.9 Å². The van der Waals surface area contributed by atoms with Crippen molar-refractivity contribution in [3.63, 3.8) is 0 Å². The number of thioether (sulfide) groups is 1. The first-order valence-corrected chi connectivity index (χ1v) is 13.8. The molecule has 0 unspecified atom stereocenters. The molecular weight excluding hydrogens is 548 g/mol. The first-order chi connectivity index (χ1) is 19.3. The molecule has 0 spiro atoms. The van der Waals surface area contributed by atoms with E-state index >= 15 is 0 Å². The number of carbonyl (C=O) groups excluding carboxylic acids is 2. The van der Waals surface area contributed by atoms with Crippen molar-refractivity contribution >= 4 is 47.1 Å². The summed E-state index contributed by atoms with van der Waals surface area (Å²) in [5.74, 6) is -0.280. The van der Waals surface area contributed by atoms with E-state index < -0.39 is 5.91 Å². The third-order valence-corrected chi connectivity index (χ3v) is 6.97. The number of benzene rings is 3. The number of hydrazone groups is 1. The number of aryl methyl sites for hydroxylation is 1. The Hall–Kier alpha value is -4.06. The minimum absolute atomic E-state index is 0.193. The fraction of sp³-hybridized carbons (Fsp3) is 0.214. The van der Waals surface area contributed by atoms with E-state index in [9.17, 15) is 9.59 Å². The summed E-state index contributed by atoms with van der Waals surface area (Å²) in [6, 6.07) is 19.7. The molecule has 0 saturated carbocycles. The zero-order chi connectivity index (χ0) is 28.5. The Balaban J connectivity index is 1.41. The summed E-state index contributed by atoms with van der Waals surface area (Å²) in [7, 11) is 3.99. The summed E-state index contributed by atoms with van der Waals surface area (Å²) in [6.45, 7) is 3.47. The molecule has 0 fully saturated rings. The van der Waals surface area contributed by atoms with Crippen LogP contribution < -0.4 is 10.7 Å². The molecule has 40 heavy (non-hydrogen) atoms. The minimum Gasteiger partial charge on any atom is -0.321 e. The van der Waals surface area contributed by atoms with Crippen molar-refractivity contribution in [1.29, 1.82) is 0 Å². The van der Waals surface area contributed by atoms with Gasteiger partial charge in [0.05, 0.1) is 24.0 Å². The van der Waals surface area contributed by atoms with Crippen LogP contribution in [0.5, 0.6) is 0 Å². The number of hydrogen-bond acceptors (Lipinski definition) is 8. The Kier molecular flexibility index (Phi) is 10.0. The van der Waals surface area contributed by atoms with Crippen molar-refractivity contribution in [1.82, 2.24) is 30.5 Å². The SMILES string of the molecule is Cc1cccc(/C=N/NC(=O)c2cc(Cl)ccc2NC(=O)c2cccc(CSc3nnnn3CCN(C)C)c2)c1. The number of anilines is 1. The van der Waals surface area contributed by atoms with Crippen LogP contribution in [0, 0.1) is 6.92 Å². The number of carbonyl (C=O) groups is 2. The molecular formula is C28H29ClN8O2S. The number of aromatic nitrogens is 4. The molecule has 12 heteroatoms. The van der Waals surface area contributed by atoms with Gasteiger partial charge in [-0.15, -0.1) is 5.10 Å². The fourth-order valence-electron chi connectivity index (χ4n) is 3.67. The molecule has 0 aliphatic carbocycles. The molecule has 3 aromatic carbocycles. The Bertz CT molecular complexity index is 1520. The summed E-state index contributed by atoms with van der Waals surface area (Å²) in [4.78, 5) is 28.1. The summed E-state index contributed by atoms with van der Waals surface area (Å²) in [6.07, 6.45) is 1.55. The molecule has 0 bridgehead atoms. The Morgan fingerprint density at radius 1 is 1.07 bits per heavy atom. The summed E-state index contributed by atoms with van der Waals surface area (Å²) in [5.41, 5.74) is 6.32. The maximum Gasteiger partial charge on any atom is 0.273 e. The van der Waals surface area contributed by atoms with Crippen LogP contribution in [0.4, 0.5) is 5.69 Å². The largest absolute Gasteiger partial charge is 0.321 e. The average molecular weight is 577 g/mol. The van der Waals surface area contributed by atoms with Gasteiger partial charge < -0.3 is 10.2 Å². The minimum atomic E-state index is -0.501. The highest BCUT2D eigenvalue weighted by atomic mass is 35.5. The van der Waals surface area contributed by atoms with Gasteiger partial charge in [-0.2, -0.15) is 5.10 Å². The quantitative estimate of drug-likeness (QED) is 0.153. The molecule has 206 valence electrons. The second-order valence-corrected chi connectivity index (χ2v) is 10.6. The Morgan fingerprint density at radius 3 is 2.70 bits per heavy atom. The van der Waals surface area contributed by atoms with E-state index in [4.69, 9.17) is 11.6 Å². The highest BCUT2D eigenvalue weighted by molar-refractivity contribution is 7.98. The molecule has 4 rings (SSSR count). The maximum atomic E-state index is 13.1. The van der Waals surface area contributed by atoms with E-state index in [2.05, 4.69) is 36.3 Å². The lowest BCUT2D eigenvalue weighted by molar-refractivity contribution is 0.0956. The monoisotopic (exact) mass is 576 g/mol. The van der Waals surface area contributed by atoms with Gasteiger partial charge in [0.2, 0.25) is 5.16 Å². The van der Waals surface area contributed by atoms with Crippen molar-refractivity contribution in [2.45, 2.75) is 24.4 Å². The van der Waals surface area contributed by atoms with Crippen LogP contribution in [-0.4, -0.2) is 63.8 Å². The maximum absolute atomic E-state index is 13.1. The molecule has 4 aromatic rings. The normalized spacial score (nSPS) is 11.2. The van der Waals surface area contributed by atoms with Crippen molar-refractivity contribution in [2.24, 2.45) is 5.10 Å². The van der Waals surface area contributed by atoms with Crippen LogP contribution in [0.25, 0.3) is 0 Å². The van der Waals surface area contributed by atoms with Crippen molar-refractivity contribution in [2.75, 3.05) is 26.0 Å². The topological polar surface area (TPSA) is 117 Å². The standard InChI is InChI=1S/C28H29ClN8O2S/c1-19-6-4-7-20(14-19)17-30-32-27(39)24-16-23(29)10-11-25(24)31-26(38)22-9-5-8-21(15-22)18-40-28-33-34-35-37(28)13-12-36(2)3/h4-11,14-17H,12-13,18H2,1-3H3,(H,31,38)(H,32,39)/b30-17+. The molecule has 1 heterocycles. The van der Waals surface area contributed by atoms with Gasteiger partial charge in [-0.3, -0.25) is 9.59 Å². The second kappa shape index (κ2) is 13.8. The van der Waals surface area contributed by atoms with Gasteiger partial charge in [-0.25, -0.2) is 10.1 Å². The first kappa shape index (κ1) is 28.9. The second-order valence-electron chi connectivity index (χ2n) is 9.23. The highest BCUT2D eigenvalue weighted by Gasteiger charge is 2.16. The zero-order valence-corrected chi connectivity index (χ0v) is 23.9. The van der Waals surface area contributed by atoms with Gasteiger partial charge in [0.15, 0.2) is 0 Å². The number of nitrogens with zero attached hydrogens (tertiary/aromatic N) is 6. The highest BCUT2D eigenvalue weighted by Crippen LogP contribution is 2.23. The Morgan fingerprint density at radius 2 is 1.90 bits per heavy atom. The Labute approximate surface area is 241 Å². The van der Waals surface area contributed by atoms with Crippen molar-refractivity contribution < 1.29 is 9.59 Å². The number of tetrazole rings is 1. The summed E-state index contributed by atoms with van der Waals surface area (Å²) in [5, 5.41) is 19.9. The molecule has 2 amide bonds.